The van der Waals surface area contributed by atoms with Crippen molar-refractivity contribution < 1.29 is 4.42 Å². The van der Waals surface area contributed by atoms with Gasteiger partial charge in [-0.15, -0.1) is 0 Å². The predicted octanol–water partition coefficient (Wildman–Crippen LogP) is 5.24. The van der Waals surface area contributed by atoms with Gasteiger partial charge in [0.25, 0.3) is 0 Å². The molecule has 2 rings (SSSR count). The second-order valence-electron chi connectivity index (χ2n) is 6.82. The topological polar surface area (TPSA) is 25.2 Å². The minimum atomic E-state index is 0.0703. The maximum absolute atomic E-state index is 6.08. The minimum absolute atomic E-state index is 0.0703. The zero-order chi connectivity index (χ0) is 14.9. The summed E-state index contributed by atoms with van der Waals surface area (Å²) in [5, 5.41) is 4.70. The summed E-state index contributed by atoms with van der Waals surface area (Å²) in [6.07, 6.45) is 0. The van der Waals surface area contributed by atoms with Crippen molar-refractivity contribution in [2.75, 3.05) is 6.54 Å². The van der Waals surface area contributed by atoms with Gasteiger partial charge in [0.05, 0.1) is 6.54 Å². The van der Waals surface area contributed by atoms with Crippen LogP contribution in [0.3, 0.4) is 0 Å². The summed E-state index contributed by atoms with van der Waals surface area (Å²) in [6.45, 7) is 12.9. The van der Waals surface area contributed by atoms with E-state index in [2.05, 4.69) is 61.9 Å². The van der Waals surface area contributed by atoms with Crippen molar-refractivity contribution in [2.24, 2.45) is 5.92 Å². The lowest BCUT2D eigenvalue weighted by Crippen LogP contribution is -2.21. The molecule has 0 aliphatic rings. The zero-order valence-electron chi connectivity index (χ0n) is 13.0. The standard InChI is InChI=1S/C17H24BrNO/c1-11(2)9-19-10-15-16(17(3,4)5)13-8-12(18)6-7-14(13)20-15/h6-8,11,19H,9-10H2,1-5H3. The molecule has 0 atom stereocenters. The second kappa shape index (κ2) is 5.90. The number of rotatable bonds is 4. The summed E-state index contributed by atoms with van der Waals surface area (Å²) in [6, 6.07) is 6.23. The largest absolute Gasteiger partial charge is 0.459 e. The maximum atomic E-state index is 6.08. The number of nitrogens with one attached hydrogen (secondary N) is 1. The summed E-state index contributed by atoms with van der Waals surface area (Å²) in [4.78, 5) is 0. The first-order valence-corrected chi connectivity index (χ1v) is 8.00. The molecule has 0 aliphatic heterocycles. The van der Waals surface area contributed by atoms with E-state index in [1.807, 2.05) is 12.1 Å². The SMILES string of the molecule is CC(C)CNCc1oc2ccc(Br)cc2c1C(C)(C)C. The van der Waals surface area contributed by atoms with Crippen LogP contribution in [0.5, 0.6) is 0 Å². The number of hydrogen-bond donors (Lipinski definition) is 1. The van der Waals surface area contributed by atoms with E-state index in [1.165, 1.54) is 10.9 Å². The lowest BCUT2D eigenvalue weighted by molar-refractivity contribution is 0.464. The van der Waals surface area contributed by atoms with E-state index >= 15 is 0 Å². The Hall–Kier alpha value is -0.800. The fraction of sp³-hybridized carbons (Fsp3) is 0.529. The predicted molar refractivity (Wildman–Crippen MR) is 89.2 cm³/mol. The molecule has 3 heteroatoms. The molecule has 2 aromatic rings. The average molecular weight is 338 g/mol. The zero-order valence-corrected chi connectivity index (χ0v) is 14.6. The summed E-state index contributed by atoms with van der Waals surface area (Å²) in [5.74, 6) is 1.71. The Balaban J connectivity index is 2.42. The molecule has 0 saturated carbocycles. The van der Waals surface area contributed by atoms with E-state index in [-0.39, 0.29) is 5.41 Å². The number of fused-ring (bicyclic) bond motifs is 1. The Morgan fingerprint density at radius 3 is 2.55 bits per heavy atom. The third-order valence-electron chi connectivity index (χ3n) is 3.31. The molecule has 1 aromatic heterocycles. The van der Waals surface area contributed by atoms with Gasteiger partial charge in [-0.3, -0.25) is 0 Å². The molecule has 1 aromatic carbocycles. The Morgan fingerprint density at radius 1 is 1.25 bits per heavy atom. The summed E-state index contributed by atoms with van der Waals surface area (Å²) >= 11 is 3.56. The highest BCUT2D eigenvalue weighted by Crippen LogP contribution is 2.36. The van der Waals surface area contributed by atoms with Gasteiger partial charge in [0.15, 0.2) is 0 Å². The van der Waals surface area contributed by atoms with E-state index in [1.54, 1.807) is 0 Å². The first kappa shape index (κ1) is 15.6. The highest BCUT2D eigenvalue weighted by atomic mass is 79.9. The fourth-order valence-corrected chi connectivity index (χ4v) is 2.90. The van der Waals surface area contributed by atoms with Gasteiger partial charge >= 0.3 is 0 Å². The molecule has 2 nitrogen and oxygen atoms in total. The van der Waals surface area contributed by atoms with Crippen LogP contribution in [0.4, 0.5) is 0 Å². The number of hydrogen-bond acceptors (Lipinski definition) is 2. The third kappa shape index (κ3) is 3.44. The molecule has 1 N–H and O–H groups in total. The average Bonchev–Trinajstić information content (AvgIpc) is 2.65. The molecule has 0 spiro atoms. The van der Waals surface area contributed by atoms with Crippen LogP contribution in [-0.2, 0) is 12.0 Å². The quantitative estimate of drug-likeness (QED) is 0.825. The number of benzene rings is 1. The smallest absolute Gasteiger partial charge is 0.134 e. The van der Waals surface area contributed by atoms with Crippen molar-refractivity contribution in [3.05, 3.63) is 34.0 Å². The van der Waals surface area contributed by atoms with Gasteiger partial charge < -0.3 is 9.73 Å². The molecule has 0 fully saturated rings. The lowest BCUT2D eigenvalue weighted by Gasteiger charge is -2.19. The van der Waals surface area contributed by atoms with Crippen LogP contribution in [0.25, 0.3) is 11.0 Å². The normalized spacial score (nSPS) is 12.6. The van der Waals surface area contributed by atoms with E-state index in [0.717, 1.165) is 28.9 Å². The maximum Gasteiger partial charge on any atom is 0.134 e. The number of furan rings is 1. The lowest BCUT2D eigenvalue weighted by atomic mass is 9.85. The molecule has 0 bridgehead atoms. The van der Waals surface area contributed by atoms with Gasteiger partial charge in [-0.2, -0.15) is 0 Å². The first-order valence-electron chi connectivity index (χ1n) is 7.21. The monoisotopic (exact) mass is 337 g/mol. The summed E-state index contributed by atoms with van der Waals surface area (Å²) < 4.78 is 7.17. The molecule has 0 unspecified atom stereocenters. The highest BCUT2D eigenvalue weighted by Gasteiger charge is 2.25. The Bertz CT molecular complexity index is 593. The van der Waals surface area contributed by atoms with Crippen molar-refractivity contribution in [2.45, 2.75) is 46.6 Å². The van der Waals surface area contributed by atoms with Gasteiger partial charge in [0.1, 0.15) is 11.3 Å². The Morgan fingerprint density at radius 2 is 1.95 bits per heavy atom. The van der Waals surface area contributed by atoms with Crippen molar-refractivity contribution in [3.8, 4) is 0 Å². The van der Waals surface area contributed by atoms with Crippen LogP contribution >= 0.6 is 15.9 Å². The van der Waals surface area contributed by atoms with Gasteiger partial charge in [0, 0.05) is 15.4 Å². The molecule has 1 heterocycles. The van der Waals surface area contributed by atoms with Crippen molar-refractivity contribution in [1.29, 1.82) is 0 Å². The van der Waals surface area contributed by atoms with E-state index < -0.39 is 0 Å². The van der Waals surface area contributed by atoms with E-state index in [9.17, 15) is 0 Å². The highest BCUT2D eigenvalue weighted by molar-refractivity contribution is 9.10. The Kier molecular flexibility index (Phi) is 4.60. The van der Waals surface area contributed by atoms with Crippen molar-refractivity contribution in [3.63, 3.8) is 0 Å². The molecule has 0 aliphatic carbocycles. The molecule has 110 valence electrons. The van der Waals surface area contributed by atoms with Crippen molar-refractivity contribution in [1.82, 2.24) is 5.32 Å². The van der Waals surface area contributed by atoms with Gasteiger partial charge in [0.2, 0.25) is 0 Å². The molecule has 0 amide bonds. The fourth-order valence-electron chi connectivity index (χ4n) is 2.54. The first-order chi connectivity index (χ1) is 9.29. The van der Waals surface area contributed by atoms with Crippen LogP contribution in [0.15, 0.2) is 27.1 Å². The minimum Gasteiger partial charge on any atom is -0.459 e. The number of halogens is 1. The van der Waals surface area contributed by atoms with Crippen LogP contribution in [-0.4, -0.2) is 6.54 Å². The van der Waals surface area contributed by atoms with Crippen molar-refractivity contribution >= 4 is 26.9 Å². The third-order valence-corrected chi connectivity index (χ3v) is 3.80. The van der Waals surface area contributed by atoms with Crippen LogP contribution < -0.4 is 5.32 Å². The summed E-state index contributed by atoms with van der Waals surface area (Å²) in [7, 11) is 0. The molecule has 20 heavy (non-hydrogen) atoms. The molecule has 0 saturated heterocycles. The Labute approximate surface area is 130 Å². The van der Waals surface area contributed by atoms with Gasteiger partial charge in [-0.05, 0) is 36.1 Å². The van der Waals surface area contributed by atoms with E-state index in [0.29, 0.717) is 5.92 Å². The summed E-state index contributed by atoms with van der Waals surface area (Å²) in [5.41, 5.74) is 2.35. The second-order valence-corrected chi connectivity index (χ2v) is 7.73. The van der Waals surface area contributed by atoms with Crippen LogP contribution in [0.1, 0.15) is 45.9 Å². The van der Waals surface area contributed by atoms with E-state index in [4.69, 9.17) is 4.42 Å². The molecular formula is C17H24BrNO. The molecular weight excluding hydrogens is 314 g/mol. The van der Waals surface area contributed by atoms with Gasteiger partial charge in [-0.1, -0.05) is 50.5 Å². The van der Waals surface area contributed by atoms with Crippen LogP contribution in [0.2, 0.25) is 0 Å². The van der Waals surface area contributed by atoms with Crippen LogP contribution in [0, 0.1) is 5.92 Å². The molecule has 0 radical (unpaired) electrons. The van der Waals surface area contributed by atoms with Gasteiger partial charge in [-0.25, -0.2) is 0 Å².